The van der Waals surface area contributed by atoms with Crippen LogP contribution >= 0.6 is 28.1 Å². The van der Waals surface area contributed by atoms with E-state index >= 15 is 0 Å². The SMILES string of the molecule is CC(Oc1ccc2ccccc2c1)C(=O)NNC(=S)NC(=O)c1ccccc1Br. The number of halogens is 1. The van der Waals surface area contributed by atoms with Gasteiger partial charge in [-0.05, 0) is 70.1 Å². The minimum absolute atomic E-state index is 0.0305. The van der Waals surface area contributed by atoms with E-state index in [9.17, 15) is 9.59 Å². The summed E-state index contributed by atoms with van der Waals surface area (Å²) in [7, 11) is 0. The smallest absolute Gasteiger partial charge is 0.279 e. The van der Waals surface area contributed by atoms with E-state index in [-0.39, 0.29) is 5.11 Å². The van der Waals surface area contributed by atoms with Crippen molar-refractivity contribution in [2.45, 2.75) is 13.0 Å². The quantitative estimate of drug-likeness (QED) is 0.399. The van der Waals surface area contributed by atoms with Crippen LogP contribution in [0.15, 0.2) is 71.2 Å². The molecule has 1 atom stereocenters. The molecule has 0 aliphatic rings. The standard InChI is InChI=1S/C21H18BrN3O3S/c1-13(28-16-11-10-14-6-2-3-7-15(14)12-16)19(26)24-25-21(29)23-20(27)17-8-4-5-9-18(17)22/h2-13H,1H3,(H,24,26)(H2,23,25,27,29). The molecule has 148 valence electrons. The zero-order chi connectivity index (χ0) is 20.8. The van der Waals surface area contributed by atoms with Gasteiger partial charge in [-0.15, -0.1) is 0 Å². The highest BCUT2D eigenvalue weighted by atomic mass is 79.9. The van der Waals surface area contributed by atoms with Gasteiger partial charge in [0.15, 0.2) is 11.2 Å². The van der Waals surface area contributed by atoms with E-state index in [0.717, 1.165) is 10.8 Å². The van der Waals surface area contributed by atoms with Gasteiger partial charge in [-0.25, -0.2) is 0 Å². The van der Waals surface area contributed by atoms with Crippen LogP contribution in [0.4, 0.5) is 0 Å². The first-order valence-corrected chi connectivity index (χ1v) is 9.95. The third-order valence-corrected chi connectivity index (χ3v) is 4.94. The summed E-state index contributed by atoms with van der Waals surface area (Å²) in [6.07, 6.45) is -0.773. The van der Waals surface area contributed by atoms with Gasteiger partial charge in [-0.1, -0.05) is 42.5 Å². The van der Waals surface area contributed by atoms with Crippen molar-refractivity contribution < 1.29 is 14.3 Å². The molecule has 3 rings (SSSR count). The fourth-order valence-corrected chi connectivity index (χ4v) is 3.17. The van der Waals surface area contributed by atoms with E-state index in [1.165, 1.54) is 0 Å². The Hall–Kier alpha value is -2.97. The first-order chi connectivity index (χ1) is 13.9. The highest BCUT2D eigenvalue weighted by Crippen LogP contribution is 2.21. The average Bonchev–Trinajstić information content (AvgIpc) is 2.72. The lowest BCUT2D eigenvalue weighted by Gasteiger charge is -2.16. The predicted molar refractivity (Wildman–Crippen MR) is 120 cm³/mol. The lowest BCUT2D eigenvalue weighted by molar-refractivity contribution is -0.127. The van der Waals surface area contributed by atoms with Crippen molar-refractivity contribution in [1.29, 1.82) is 0 Å². The first-order valence-electron chi connectivity index (χ1n) is 8.75. The highest BCUT2D eigenvalue weighted by molar-refractivity contribution is 9.10. The summed E-state index contributed by atoms with van der Waals surface area (Å²) in [6.45, 7) is 1.62. The Labute approximate surface area is 181 Å². The average molecular weight is 472 g/mol. The lowest BCUT2D eigenvalue weighted by atomic mass is 10.1. The lowest BCUT2D eigenvalue weighted by Crippen LogP contribution is -2.51. The first kappa shape index (κ1) is 20.8. The molecule has 0 aliphatic carbocycles. The molecule has 0 radical (unpaired) electrons. The molecule has 8 heteroatoms. The third kappa shape index (κ3) is 5.52. The van der Waals surface area contributed by atoms with Gasteiger partial charge >= 0.3 is 0 Å². The van der Waals surface area contributed by atoms with Gasteiger partial charge in [0.25, 0.3) is 11.8 Å². The van der Waals surface area contributed by atoms with Gasteiger partial charge < -0.3 is 4.74 Å². The molecule has 0 saturated carbocycles. The molecule has 0 bridgehead atoms. The molecule has 2 amide bonds. The molecule has 0 saturated heterocycles. The maximum atomic E-state index is 12.2. The molecule has 0 fully saturated rings. The summed E-state index contributed by atoms with van der Waals surface area (Å²) >= 11 is 8.35. The van der Waals surface area contributed by atoms with Gasteiger partial charge in [0.05, 0.1) is 5.56 Å². The number of amides is 2. The number of hydrogen-bond donors (Lipinski definition) is 3. The van der Waals surface area contributed by atoms with E-state index in [1.807, 2.05) is 42.5 Å². The summed E-state index contributed by atoms with van der Waals surface area (Å²) in [5, 5.41) is 4.57. The Balaban J connectivity index is 1.50. The zero-order valence-electron chi connectivity index (χ0n) is 15.4. The molecular weight excluding hydrogens is 454 g/mol. The topological polar surface area (TPSA) is 79.5 Å². The van der Waals surface area contributed by atoms with Gasteiger partial charge in [0.2, 0.25) is 0 Å². The Bertz CT molecular complexity index is 1070. The number of hydrazine groups is 1. The molecule has 0 spiro atoms. The number of benzene rings is 3. The van der Waals surface area contributed by atoms with E-state index < -0.39 is 17.9 Å². The number of carbonyl (C=O) groups excluding carboxylic acids is 2. The number of thiocarbonyl (C=S) groups is 1. The Morgan fingerprint density at radius 2 is 1.66 bits per heavy atom. The van der Waals surface area contributed by atoms with Crippen LogP contribution in [-0.2, 0) is 4.79 Å². The van der Waals surface area contributed by atoms with Crippen LogP contribution in [0.2, 0.25) is 0 Å². The van der Waals surface area contributed by atoms with E-state index in [2.05, 4.69) is 32.1 Å². The fraction of sp³-hybridized carbons (Fsp3) is 0.0952. The maximum absolute atomic E-state index is 12.2. The normalized spacial score (nSPS) is 11.4. The summed E-state index contributed by atoms with van der Waals surface area (Å²) in [4.78, 5) is 24.4. The van der Waals surface area contributed by atoms with Crippen molar-refractivity contribution in [2.75, 3.05) is 0 Å². The Morgan fingerprint density at radius 1 is 0.966 bits per heavy atom. The highest BCUT2D eigenvalue weighted by Gasteiger charge is 2.16. The third-order valence-electron chi connectivity index (χ3n) is 4.05. The number of fused-ring (bicyclic) bond motifs is 1. The summed E-state index contributed by atoms with van der Waals surface area (Å²) in [6, 6.07) is 20.4. The molecule has 6 nitrogen and oxygen atoms in total. The van der Waals surface area contributed by atoms with Gasteiger partial charge in [-0.3, -0.25) is 25.8 Å². The van der Waals surface area contributed by atoms with Gasteiger partial charge in [0.1, 0.15) is 5.75 Å². The van der Waals surface area contributed by atoms with Gasteiger partial charge in [0, 0.05) is 4.47 Å². The minimum atomic E-state index is -0.773. The van der Waals surface area contributed by atoms with Crippen LogP contribution in [0.5, 0.6) is 5.75 Å². The summed E-state index contributed by atoms with van der Waals surface area (Å²) < 4.78 is 6.33. The van der Waals surface area contributed by atoms with Crippen molar-refractivity contribution in [3.63, 3.8) is 0 Å². The van der Waals surface area contributed by atoms with Crippen LogP contribution in [0, 0.1) is 0 Å². The van der Waals surface area contributed by atoms with Crippen LogP contribution in [0.1, 0.15) is 17.3 Å². The van der Waals surface area contributed by atoms with Crippen LogP contribution in [-0.4, -0.2) is 23.0 Å². The van der Waals surface area contributed by atoms with Gasteiger partial charge in [-0.2, -0.15) is 0 Å². The molecule has 1 unspecified atom stereocenters. The van der Waals surface area contributed by atoms with E-state index in [4.69, 9.17) is 17.0 Å². The molecule has 29 heavy (non-hydrogen) atoms. The Morgan fingerprint density at radius 3 is 2.41 bits per heavy atom. The van der Waals surface area contributed by atoms with Crippen molar-refractivity contribution in [2.24, 2.45) is 0 Å². The summed E-state index contributed by atoms with van der Waals surface area (Å²) in [5.74, 6) is -0.253. The summed E-state index contributed by atoms with van der Waals surface area (Å²) in [5.41, 5.74) is 5.36. The molecular formula is C21H18BrN3O3S. The fourth-order valence-electron chi connectivity index (χ4n) is 2.57. The monoisotopic (exact) mass is 471 g/mol. The zero-order valence-corrected chi connectivity index (χ0v) is 17.8. The molecule has 3 aromatic carbocycles. The second-order valence-corrected chi connectivity index (χ2v) is 7.41. The Kier molecular flexibility index (Phi) is 6.79. The largest absolute Gasteiger partial charge is 0.481 e. The molecule has 0 aliphatic heterocycles. The van der Waals surface area contributed by atoms with Crippen molar-refractivity contribution >= 4 is 55.8 Å². The van der Waals surface area contributed by atoms with E-state index in [1.54, 1.807) is 31.2 Å². The number of nitrogens with one attached hydrogen (secondary N) is 3. The second-order valence-electron chi connectivity index (χ2n) is 6.15. The molecule has 0 heterocycles. The maximum Gasteiger partial charge on any atom is 0.279 e. The second kappa shape index (κ2) is 9.49. The van der Waals surface area contributed by atoms with Crippen LogP contribution < -0.4 is 20.9 Å². The van der Waals surface area contributed by atoms with Crippen molar-refractivity contribution in [3.05, 3.63) is 76.8 Å². The minimum Gasteiger partial charge on any atom is -0.481 e. The van der Waals surface area contributed by atoms with E-state index in [0.29, 0.717) is 15.8 Å². The molecule has 3 N–H and O–H groups in total. The van der Waals surface area contributed by atoms with Crippen LogP contribution in [0.3, 0.4) is 0 Å². The van der Waals surface area contributed by atoms with Crippen LogP contribution in [0.25, 0.3) is 10.8 Å². The molecule has 3 aromatic rings. The number of ether oxygens (including phenoxy) is 1. The number of rotatable bonds is 4. The van der Waals surface area contributed by atoms with Crippen molar-refractivity contribution in [1.82, 2.24) is 16.2 Å². The number of hydrogen-bond acceptors (Lipinski definition) is 4. The molecule has 0 aromatic heterocycles. The van der Waals surface area contributed by atoms with Crippen molar-refractivity contribution in [3.8, 4) is 5.75 Å². The number of carbonyl (C=O) groups is 2. The predicted octanol–water partition coefficient (Wildman–Crippen LogP) is 3.71.